The summed E-state index contributed by atoms with van der Waals surface area (Å²) in [6, 6.07) is 3.64. The van der Waals surface area contributed by atoms with Gasteiger partial charge < -0.3 is 19.8 Å². The molecular weight excluding hydrogens is 220 g/mol. The molecule has 0 bridgehead atoms. The minimum atomic E-state index is 0.0116. The van der Waals surface area contributed by atoms with Gasteiger partial charge in [0.25, 0.3) is 0 Å². The highest BCUT2D eigenvalue weighted by Gasteiger charge is 2.13. The topological polar surface area (TPSA) is 65.8 Å². The lowest BCUT2D eigenvalue weighted by Crippen LogP contribution is -2.31. The molecule has 2 N–H and O–H groups in total. The summed E-state index contributed by atoms with van der Waals surface area (Å²) < 4.78 is 5.65. The lowest BCUT2D eigenvalue weighted by atomic mass is 10.3. The molecule has 0 radical (unpaired) electrons. The van der Waals surface area contributed by atoms with Crippen LogP contribution in [0.5, 0.6) is 5.75 Å². The molecule has 0 atom stereocenters. The van der Waals surface area contributed by atoms with Gasteiger partial charge in [-0.15, -0.1) is 0 Å². The minimum absolute atomic E-state index is 0.0116. The first-order valence-corrected chi connectivity index (χ1v) is 5.77. The molecule has 0 aliphatic carbocycles. The maximum absolute atomic E-state index is 9.01. The number of aromatic nitrogens is 1. The number of rotatable bonds is 7. The van der Waals surface area contributed by atoms with Gasteiger partial charge in [-0.3, -0.25) is 0 Å². The van der Waals surface area contributed by atoms with E-state index in [0.717, 1.165) is 0 Å². The van der Waals surface area contributed by atoms with E-state index in [0.29, 0.717) is 24.7 Å². The summed E-state index contributed by atoms with van der Waals surface area (Å²) in [6.45, 7) is 4.76. The van der Waals surface area contributed by atoms with Gasteiger partial charge in [0, 0.05) is 19.3 Å². The molecule has 0 saturated carbocycles. The number of ether oxygens (including phenoxy) is 1. The van der Waals surface area contributed by atoms with Crippen molar-refractivity contribution in [2.24, 2.45) is 0 Å². The Balaban J connectivity index is 2.91. The Bertz CT molecular complexity index is 325. The minimum Gasteiger partial charge on any atom is -0.487 e. The zero-order valence-electron chi connectivity index (χ0n) is 10.3. The summed E-state index contributed by atoms with van der Waals surface area (Å²) in [6.07, 6.45) is 1.73. The first-order chi connectivity index (χ1) is 8.19. The lowest BCUT2D eigenvalue weighted by molar-refractivity contribution is 0.240. The summed E-state index contributed by atoms with van der Waals surface area (Å²) in [5.41, 5.74) is 0. The van der Waals surface area contributed by atoms with Crippen LogP contribution >= 0.6 is 0 Å². The average molecular weight is 240 g/mol. The van der Waals surface area contributed by atoms with Gasteiger partial charge in [0.15, 0.2) is 11.6 Å². The third-order valence-corrected chi connectivity index (χ3v) is 2.15. The fourth-order valence-corrected chi connectivity index (χ4v) is 1.53. The maximum Gasteiger partial charge on any atom is 0.171 e. The Morgan fingerprint density at radius 2 is 1.94 bits per heavy atom. The number of nitrogens with zero attached hydrogens (tertiary/aromatic N) is 2. The van der Waals surface area contributed by atoms with Crippen LogP contribution in [-0.2, 0) is 0 Å². The van der Waals surface area contributed by atoms with E-state index in [9.17, 15) is 0 Å². The van der Waals surface area contributed by atoms with Gasteiger partial charge in [-0.1, -0.05) is 0 Å². The number of hydrogen-bond acceptors (Lipinski definition) is 5. The van der Waals surface area contributed by atoms with E-state index in [1.54, 1.807) is 17.2 Å². The molecule has 0 unspecified atom stereocenters. The molecule has 5 heteroatoms. The zero-order valence-corrected chi connectivity index (χ0v) is 10.3. The summed E-state index contributed by atoms with van der Waals surface area (Å²) in [5, 5.41) is 18.0. The Morgan fingerprint density at radius 1 is 1.29 bits per heavy atom. The van der Waals surface area contributed by atoms with E-state index < -0.39 is 0 Å². The molecule has 1 aromatic heterocycles. The highest BCUT2D eigenvalue weighted by Crippen LogP contribution is 2.25. The summed E-state index contributed by atoms with van der Waals surface area (Å²) in [7, 11) is 0. The van der Waals surface area contributed by atoms with Crippen molar-refractivity contribution < 1.29 is 14.9 Å². The van der Waals surface area contributed by atoms with E-state index in [2.05, 4.69) is 4.98 Å². The fraction of sp³-hybridized carbons (Fsp3) is 0.583. The van der Waals surface area contributed by atoms with E-state index >= 15 is 0 Å². The van der Waals surface area contributed by atoms with Crippen LogP contribution in [0.15, 0.2) is 18.3 Å². The number of pyridine rings is 1. The van der Waals surface area contributed by atoms with Crippen molar-refractivity contribution >= 4 is 5.82 Å². The second kappa shape index (κ2) is 7.09. The van der Waals surface area contributed by atoms with Crippen LogP contribution in [0.25, 0.3) is 0 Å². The lowest BCUT2D eigenvalue weighted by Gasteiger charge is -2.24. The van der Waals surface area contributed by atoms with E-state index in [1.807, 2.05) is 19.9 Å². The van der Waals surface area contributed by atoms with E-state index in [1.165, 1.54) is 0 Å². The molecule has 5 nitrogen and oxygen atoms in total. The van der Waals surface area contributed by atoms with Gasteiger partial charge >= 0.3 is 0 Å². The SMILES string of the molecule is CC(C)Oc1cccnc1N(CCO)CCO. The Labute approximate surface area is 102 Å². The molecule has 0 fully saturated rings. The Kier molecular flexibility index (Phi) is 5.72. The van der Waals surface area contributed by atoms with Crippen LogP contribution in [0.1, 0.15) is 13.8 Å². The van der Waals surface area contributed by atoms with Crippen LogP contribution in [0, 0.1) is 0 Å². The third-order valence-electron chi connectivity index (χ3n) is 2.15. The standard InChI is InChI=1S/C12H20N2O3/c1-10(2)17-11-4-3-5-13-12(11)14(6-8-15)7-9-16/h3-5,10,15-16H,6-9H2,1-2H3. The first kappa shape index (κ1) is 13.7. The van der Waals surface area contributed by atoms with Gasteiger partial charge in [-0.25, -0.2) is 4.98 Å². The molecule has 1 rings (SSSR count). The van der Waals surface area contributed by atoms with Crippen molar-refractivity contribution in [2.45, 2.75) is 20.0 Å². The van der Waals surface area contributed by atoms with Crippen LogP contribution in [0.3, 0.4) is 0 Å². The van der Waals surface area contributed by atoms with Crippen LogP contribution < -0.4 is 9.64 Å². The predicted octanol–water partition coefficient (Wildman–Crippen LogP) is 0.660. The van der Waals surface area contributed by atoms with Crippen LogP contribution in [0.4, 0.5) is 5.82 Å². The maximum atomic E-state index is 9.01. The average Bonchev–Trinajstić information content (AvgIpc) is 2.29. The first-order valence-electron chi connectivity index (χ1n) is 5.77. The number of aliphatic hydroxyl groups is 2. The number of hydrogen-bond donors (Lipinski definition) is 2. The van der Waals surface area contributed by atoms with E-state index in [-0.39, 0.29) is 19.3 Å². The Hall–Kier alpha value is -1.33. The molecule has 0 spiro atoms. The molecule has 0 saturated heterocycles. The normalized spacial score (nSPS) is 10.6. The van der Waals surface area contributed by atoms with Gasteiger partial charge in [0.05, 0.1) is 19.3 Å². The molecular formula is C12H20N2O3. The predicted molar refractivity (Wildman–Crippen MR) is 66.4 cm³/mol. The monoisotopic (exact) mass is 240 g/mol. The quantitative estimate of drug-likeness (QED) is 0.733. The van der Waals surface area contributed by atoms with Crippen molar-refractivity contribution in [1.82, 2.24) is 4.98 Å². The molecule has 1 heterocycles. The molecule has 0 aliphatic heterocycles. The van der Waals surface area contributed by atoms with Gasteiger partial charge in [-0.2, -0.15) is 0 Å². The highest BCUT2D eigenvalue weighted by atomic mass is 16.5. The molecule has 0 aliphatic rings. The number of anilines is 1. The third kappa shape index (κ3) is 4.20. The van der Waals surface area contributed by atoms with Gasteiger partial charge in [0.2, 0.25) is 0 Å². The smallest absolute Gasteiger partial charge is 0.171 e. The second-order valence-electron chi connectivity index (χ2n) is 3.93. The molecule has 1 aromatic rings. The van der Waals surface area contributed by atoms with Gasteiger partial charge in [0.1, 0.15) is 0 Å². The summed E-state index contributed by atoms with van der Waals surface area (Å²) >= 11 is 0. The van der Waals surface area contributed by atoms with Crippen molar-refractivity contribution in [3.8, 4) is 5.75 Å². The number of aliphatic hydroxyl groups excluding tert-OH is 2. The van der Waals surface area contributed by atoms with E-state index in [4.69, 9.17) is 14.9 Å². The van der Waals surface area contributed by atoms with Crippen LogP contribution in [-0.4, -0.2) is 47.6 Å². The zero-order chi connectivity index (χ0) is 12.7. The van der Waals surface area contributed by atoms with Crippen molar-refractivity contribution in [3.63, 3.8) is 0 Å². The fourth-order valence-electron chi connectivity index (χ4n) is 1.53. The molecule has 0 amide bonds. The largest absolute Gasteiger partial charge is 0.487 e. The van der Waals surface area contributed by atoms with Crippen LogP contribution in [0.2, 0.25) is 0 Å². The Morgan fingerprint density at radius 3 is 2.47 bits per heavy atom. The second-order valence-corrected chi connectivity index (χ2v) is 3.93. The van der Waals surface area contributed by atoms with Crippen molar-refractivity contribution in [3.05, 3.63) is 18.3 Å². The highest BCUT2D eigenvalue weighted by molar-refractivity contribution is 5.52. The molecule has 17 heavy (non-hydrogen) atoms. The summed E-state index contributed by atoms with van der Waals surface area (Å²) in [5.74, 6) is 1.33. The van der Waals surface area contributed by atoms with Crippen molar-refractivity contribution in [1.29, 1.82) is 0 Å². The molecule has 0 aromatic carbocycles. The van der Waals surface area contributed by atoms with Gasteiger partial charge in [-0.05, 0) is 26.0 Å². The molecule has 96 valence electrons. The van der Waals surface area contributed by atoms with Crippen molar-refractivity contribution in [2.75, 3.05) is 31.2 Å². The summed E-state index contributed by atoms with van der Waals surface area (Å²) in [4.78, 5) is 6.05.